The average molecular weight is 222 g/mol. The fourth-order valence-corrected chi connectivity index (χ4v) is 1.41. The minimum Gasteiger partial charge on any atom is -0.489 e. The van der Waals surface area contributed by atoms with Gasteiger partial charge in [-0.2, -0.15) is 0 Å². The second kappa shape index (κ2) is 6.26. The molecule has 0 radical (unpaired) electrons. The molecule has 0 aliphatic rings. The highest BCUT2D eigenvalue weighted by molar-refractivity contribution is 5.61. The molecule has 1 aromatic carbocycles. The van der Waals surface area contributed by atoms with E-state index in [9.17, 15) is 0 Å². The van der Waals surface area contributed by atoms with Gasteiger partial charge in [-0.05, 0) is 32.4 Å². The van der Waals surface area contributed by atoms with Crippen molar-refractivity contribution >= 4 is 11.4 Å². The first kappa shape index (κ1) is 12.7. The zero-order valence-corrected chi connectivity index (χ0v) is 10.4. The summed E-state index contributed by atoms with van der Waals surface area (Å²) in [6, 6.07) is 5.83. The SMILES string of the molecule is CCCCNc1ccc(N)c(OC(C)C)c1. The summed E-state index contributed by atoms with van der Waals surface area (Å²) < 4.78 is 5.63. The molecule has 0 unspecified atom stereocenters. The fourth-order valence-electron chi connectivity index (χ4n) is 1.41. The van der Waals surface area contributed by atoms with Crippen molar-refractivity contribution < 1.29 is 4.74 Å². The molecule has 0 bridgehead atoms. The molecule has 0 saturated carbocycles. The van der Waals surface area contributed by atoms with Crippen molar-refractivity contribution in [2.45, 2.75) is 39.7 Å². The Morgan fingerprint density at radius 2 is 2.12 bits per heavy atom. The predicted molar refractivity (Wildman–Crippen MR) is 70.0 cm³/mol. The summed E-state index contributed by atoms with van der Waals surface area (Å²) in [5.74, 6) is 0.761. The van der Waals surface area contributed by atoms with Gasteiger partial charge in [0.15, 0.2) is 0 Å². The number of hydrogen-bond donors (Lipinski definition) is 2. The Kier molecular flexibility index (Phi) is 4.96. The van der Waals surface area contributed by atoms with Crippen LogP contribution in [0, 0.1) is 0 Å². The van der Waals surface area contributed by atoms with Gasteiger partial charge in [-0.15, -0.1) is 0 Å². The highest BCUT2D eigenvalue weighted by Gasteiger charge is 2.04. The van der Waals surface area contributed by atoms with Gasteiger partial charge in [0, 0.05) is 18.3 Å². The number of nitrogens with one attached hydrogen (secondary N) is 1. The van der Waals surface area contributed by atoms with Gasteiger partial charge in [-0.25, -0.2) is 0 Å². The van der Waals surface area contributed by atoms with E-state index in [4.69, 9.17) is 10.5 Å². The van der Waals surface area contributed by atoms with E-state index in [1.54, 1.807) is 0 Å². The molecule has 0 saturated heterocycles. The zero-order valence-electron chi connectivity index (χ0n) is 10.4. The van der Waals surface area contributed by atoms with Crippen molar-refractivity contribution in [1.29, 1.82) is 0 Å². The van der Waals surface area contributed by atoms with E-state index in [2.05, 4.69) is 12.2 Å². The maximum absolute atomic E-state index is 5.84. The van der Waals surface area contributed by atoms with E-state index in [0.29, 0.717) is 5.69 Å². The second-order valence-electron chi connectivity index (χ2n) is 4.20. The van der Waals surface area contributed by atoms with Gasteiger partial charge in [-0.1, -0.05) is 13.3 Å². The first-order valence-corrected chi connectivity index (χ1v) is 5.93. The first-order valence-electron chi connectivity index (χ1n) is 5.93. The third kappa shape index (κ3) is 4.01. The summed E-state index contributed by atoms with van der Waals surface area (Å²) in [6.45, 7) is 7.16. The largest absolute Gasteiger partial charge is 0.489 e. The molecule has 3 nitrogen and oxygen atoms in total. The summed E-state index contributed by atoms with van der Waals surface area (Å²) in [7, 11) is 0. The van der Waals surface area contributed by atoms with Crippen LogP contribution in [-0.4, -0.2) is 12.6 Å². The van der Waals surface area contributed by atoms with Crippen LogP contribution >= 0.6 is 0 Å². The van der Waals surface area contributed by atoms with E-state index in [1.165, 1.54) is 12.8 Å². The summed E-state index contributed by atoms with van der Waals surface area (Å²) in [5, 5.41) is 3.35. The maximum atomic E-state index is 5.84. The van der Waals surface area contributed by atoms with Crippen molar-refractivity contribution in [2.75, 3.05) is 17.6 Å². The molecule has 0 heterocycles. The van der Waals surface area contributed by atoms with Crippen LogP contribution in [0.5, 0.6) is 5.75 Å². The molecule has 3 N–H and O–H groups in total. The van der Waals surface area contributed by atoms with Crippen LogP contribution in [0.15, 0.2) is 18.2 Å². The van der Waals surface area contributed by atoms with E-state index in [-0.39, 0.29) is 6.10 Å². The van der Waals surface area contributed by atoms with Crippen LogP contribution in [0.25, 0.3) is 0 Å². The molecule has 1 aromatic rings. The highest BCUT2D eigenvalue weighted by atomic mass is 16.5. The van der Waals surface area contributed by atoms with Crippen molar-refractivity contribution in [2.24, 2.45) is 0 Å². The normalized spacial score (nSPS) is 10.5. The molecule has 0 aliphatic heterocycles. The van der Waals surface area contributed by atoms with E-state index < -0.39 is 0 Å². The van der Waals surface area contributed by atoms with Crippen LogP contribution < -0.4 is 15.8 Å². The van der Waals surface area contributed by atoms with Gasteiger partial charge in [0.05, 0.1) is 11.8 Å². The van der Waals surface area contributed by atoms with Crippen LogP contribution in [-0.2, 0) is 0 Å². The minimum atomic E-state index is 0.146. The Balaban J connectivity index is 2.65. The van der Waals surface area contributed by atoms with E-state index >= 15 is 0 Å². The average Bonchev–Trinajstić information content (AvgIpc) is 2.22. The highest BCUT2D eigenvalue weighted by Crippen LogP contribution is 2.26. The summed E-state index contributed by atoms with van der Waals surface area (Å²) in [6.07, 6.45) is 2.51. The molecule has 0 amide bonds. The predicted octanol–water partition coefficient (Wildman–Crippen LogP) is 3.27. The topological polar surface area (TPSA) is 47.3 Å². The lowest BCUT2D eigenvalue weighted by Gasteiger charge is -2.14. The lowest BCUT2D eigenvalue weighted by atomic mass is 10.2. The van der Waals surface area contributed by atoms with E-state index in [0.717, 1.165) is 18.0 Å². The molecule has 1 rings (SSSR count). The maximum Gasteiger partial charge on any atom is 0.144 e. The van der Waals surface area contributed by atoms with Crippen LogP contribution in [0.4, 0.5) is 11.4 Å². The fraction of sp³-hybridized carbons (Fsp3) is 0.538. The second-order valence-corrected chi connectivity index (χ2v) is 4.20. The molecule has 90 valence electrons. The standard InChI is InChI=1S/C13H22N2O/c1-4-5-8-15-11-6-7-12(14)13(9-11)16-10(2)3/h6-7,9-10,15H,4-5,8,14H2,1-3H3. The molecule has 0 atom stereocenters. The molecule has 3 heteroatoms. The van der Waals surface area contributed by atoms with Gasteiger partial charge in [0.2, 0.25) is 0 Å². The molecule has 0 spiro atoms. The van der Waals surface area contributed by atoms with Gasteiger partial charge >= 0.3 is 0 Å². The lowest BCUT2D eigenvalue weighted by Crippen LogP contribution is -2.08. The summed E-state index contributed by atoms with van der Waals surface area (Å²) in [4.78, 5) is 0. The molecule has 0 fully saturated rings. The monoisotopic (exact) mass is 222 g/mol. The quantitative estimate of drug-likeness (QED) is 0.573. The molecule has 0 aromatic heterocycles. The summed E-state index contributed by atoms with van der Waals surface area (Å²) in [5.41, 5.74) is 7.60. The van der Waals surface area contributed by atoms with E-state index in [1.807, 2.05) is 32.0 Å². The Hall–Kier alpha value is -1.38. The Morgan fingerprint density at radius 3 is 2.75 bits per heavy atom. The number of unbranched alkanes of at least 4 members (excludes halogenated alkanes) is 1. The third-order valence-corrected chi connectivity index (χ3v) is 2.24. The number of hydrogen-bond acceptors (Lipinski definition) is 3. The van der Waals surface area contributed by atoms with Crippen LogP contribution in [0.2, 0.25) is 0 Å². The first-order chi connectivity index (χ1) is 7.63. The Labute approximate surface area is 98.0 Å². The number of benzene rings is 1. The smallest absolute Gasteiger partial charge is 0.144 e. The lowest BCUT2D eigenvalue weighted by molar-refractivity contribution is 0.244. The molecule has 16 heavy (non-hydrogen) atoms. The minimum absolute atomic E-state index is 0.146. The van der Waals surface area contributed by atoms with Crippen LogP contribution in [0.3, 0.4) is 0 Å². The van der Waals surface area contributed by atoms with Crippen LogP contribution in [0.1, 0.15) is 33.6 Å². The van der Waals surface area contributed by atoms with Crippen molar-refractivity contribution in [3.05, 3.63) is 18.2 Å². The zero-order chi connectivity index (χ0) is 12.0. The van der Waals surface area contributed by atoms with Gasteiger partial charge in [-0.3, -0.25) is 0 Å². The number of anilines is 2. The van der Waals surface area contributed by atoms with Gasteiger partial charge < -0.3 is 15.8 Å². The van der Waals surface area contributed by atoms with Crippen molar-refractivity contribution in [3.63, 3.8) is 0 Å². The molecular weight excluding hydrogens is 200 g/mol. The Bertz CT molecular complexity index is 324. The number of ether oxygens (including phenoxy) is 1. The van der Waals surface area contributed by atoms with Crippen molar-refractivity contribution in [1.82, 2.24) is 0 Å². The van der Waals surface area contributed by atoms with Gasteiger partial charge in [0.1, 0.15) is 5.75 Å². The number of nitrogen functional groups attached to an aromatic ring is 1. The van der Waals surface area contributed by atoms with Gasteiger partial charge in [0.25, 0.3) is 0 Å². The molecular formula is C13H22N2O. The summed E-state index contributed by atoms with van der Waals surface area (Å²) >= 11 is 0. The molecule has 0 aliphatic carbocycles. The van der Waals surface area contributed by atoms with Crippen molar-refractivity contribution in [3.8, 4) is 5.75 Å². The number of rotatable bonds is 6. The number of nitrogens with two attached hydrogens (primary N) is 1. The Morgan fingerprint density at radius 1 is 1.38 bits per heavy atom. The third-order valence-electron chi connectivity index (χ3n) is 2.24.